The Labute approximate surface area is 168 Å². The van der Waals surface area contributed by atoms with Crippen molar-refractivity contribution in [1.29, 1.82) is 5.26 Å². The van der Waals surface area contributed by atoms with Crippen LogP contribution in [-0.4, -0.2) is 30.6 Å². The van der Waals surface area contributed by atoms with Crippen molar-refractivity contribution in [3.8, 4) is 11.9 Å². The molecule has 3 heterocycles. The van der Waals surface area contributed by atoms with Crippen LogP contribution in [0.25, 0.3) is 5.82 Å². The Morgan fingerprint density at radius 2 is 1.90 bits per heavy atom. The number of nitrogens with one attached hydrogen (secondary N) is 1. The molecule has 0 aliphatic heterocycles. The van der Waals surface area contributed by atoms with Gasteiger partial charge in [-0.15, -0.1) is 5.10 Å². The lowest BCUT2D eigenvalue weighted by atomic mass is 9.91. The molecule has 1 saturated carbocycles. The second-order valence-corrected chi connectivity index (χ2v) is 7.51. The Kier molecular flexibility index (Phi) is 5.12. The smallest absolute Gasteiger partial charge is 0.267 e. The molecule has 3 aromatic rings. The highest BCUT2D eigenvalue weighted by Gasteiger charge is 2.24. The van der Waals surface area contributed by atoms with Crippen LogP contribution in [0.3, 0.4) is 0 Å². The van der Waals surface area contributed by atoms with E-state index in [1.165, 1.54) is 0 Å². The number of rotatable bonds is 4. The van der Waals surface area contributed by atoms with E-state index in [0.717, 1.165) is 42.9 Å². The highest BCUT2D eigenvalue weighted by molar-refractivity contribution is 5.39. The molecule has 29 heavy (non-hydrogen) atoms. The van der Waals surface area contributed by atoms with Crippen LogP contribution in [0.15, 0.2) is 41.3 Å². The number of nitriles is 1. The van der Waals surface area contributed by atoms with Crippen molar-refractivity contribution in [2.45, 2.75) is 51.6 Å². The van der Waals surface area contributed by atoms with E-state index in [4.69, 9.17) is 5.26 Å². The fraction of sp³-hybridized carbons (Fsp3) is 0.381. The number of aromatic nitrogens is 5. The van der Waals surface area contributed by atoms with Crippen LogP contribution in [0.4, 0.5) is 5.82 Å². The largest absolute Gasteiger partial charge is 0.367 e. The number of pyridine rings is 1. The minimum absolute atomic E-state index is 0.0754. The van der Waals surface area contributed by atoms with Gasteiger partial charge in [0.15, 0.2) is 5.82 Å². The van der Waals surface area contributed by atoms with E-state index in [9.17, 15) is 4.79 Å². The molecular formula is C21H23N7O. The van der Waals surface area contributed by atoms with E-state index < -0.39 is 0 Å². The number of anilines is 1. The summed E-state index contributed by atoms with van der Waals surface area (Å²) in [5.41, 5.74) is 2.38. The van der Waals surface area contributed by atoms with E-state index in [-0.39, 0.29) is 11.6 Å². The van der Waals surface area contributed by atoms with Crippen molar-refractivity contribution in [3.63, 3.8) is 0 Å². The zero-order chi connectivity index (χ0) is 20.4. The Hall–Kier alpha value is -3.47. The van der Waals surface area contributed by atoms with Gasteiger partial charge in [0, 0.05) is 24.0 Å². The molecule has 0 unspecified atom stereocenters. The molecule has 0 radical (unpaired) electrons. The molecule has 8 heteroatoms. The topological polar surface area (TPSA) is 101 Å². The Balaban J connectivity index is 1.45. The van der Waals surface area contributed by atoms with E-state index in [0.29, 0.717) is 17.4 Å². The van der Waals surface area contributed by atoms with Crippen molar-refractivity contribution in [1.82, 2.24) is 24.5 Å². The van der Waals surface area contributed by atoms with Crippen LogP contribution < -0.4 is 10.9 Å². The summed E-state index contributed by atoms with van der Waals surface area (Å²) in [7, 11) is 0. The van der Waals surface area contributed by atoms with Gasteiger partial charge in [0.25, 0.3) is 5.56 Å². The first-order valence-electron chi connectivity index (χ1n) is 9.79. The van der Waals surface area contributed by atoms with Crippen molar-refractivity contribution in [2.24, 2.45) is 0 Å². The summed E-state index contributed by atoms with van der Waals surface area (Å²) >= 11 is 0. The summed E-state index contributed by atoms with van der Waals surface area (Å²) in [5.74, 6) is 1.44. The van der Waals surface area contributed by atoms with Crippen LogP contribution in [0, 0.1) is 25.2 Å². The summed E-state index contributed by atoms with van der Waals surface area (Å²) in [6, 6.07) is 11.3. The number of aryl methyl sites for hydroxylation is 2. The predicted molar refractivity (Wildman–Crippen MR) is 109 cm³/mol. The molecule has 0 saturated heterocycles. The standard InChI is InChI=1S/C21H23N7O/c1-14-11-15(2)27(25-14)20-9-10-21(29)28(26-20)18-6-4-17(5-7-18)24-19-8-3-16(12-22)13-23-19/h3,8-11,13,17-18H,4-7H2,1-2H3,(H,23,24). The van der Waals surface area contributed by atoms with Crippen LogP contribution in [0.5, 0.6) is 0 Å². The lowest BCUT2D eigenvalue weighted by molar-refractivity contribution is 0.302. The first-order valence-corrected chi connectivity index (χ1v) is 9.79. The molecule has 0 amide bonds. The molecule has 0 atom stereocenters. The van der Waals surface area contributed by atoms with Crippen molar-refractivity contribution in [2.75, 3.05) is 5.32 Å². The molecule has 0 aromatic carbocycles. The second-order valence-electron chi connectivity index (χ2n) is 7.51. The van der Waals surface area contributed by atoms with Gasteiger partial charge in [-0.05, 0) is 63.8 Å². The van der Waals surface area contributed by atoms with Gasteiger partial charge in [-0.25, -0.2) is 14.3 Å². The van der Waals surface area contributed by atoms with E-state index in [1.54, 1.807) is 33.8 Å². The summed E-state index contributed by atoms with van der Waals surface area (Å²) in [6.07, 6.45) is 5.14. The quantitative estimate of drug-likeness (QED) is 0.736. The first-order chi connectivity index (χ1) is 14.0. The molecule has 0 bridgehead atoms. The van der Waals surface area contributed by atoms with Crippen LogP contribution in [0.2, 0.25) is 0 Å². The second kappa shape index (κ2) is 7.87. The number of hydrogen-bond donors (Lipinski definition) is 1. The van der Waals surface area contributed by atoms with Gasteiger partial charge in [-0.1, -0.05) is 0 Å². The highest BCUT2D eigenvalue weighted by atomic mass is 16.1. The summed E-state index contributed by atoms with van der Waals surface area (Å²) in [4.78, 5) is 16.7. The molecule has 3 aromatic heterocycles. The molecule has 4 rings (SSSR count). The Morgan fingerprint density at radius 1 is 1.10 bits per heavy atom. The van der Waals surface area contributed by atoms with Crippen molar-refractivity contribution < 1.29 is 0 Å². The van der Waals surface area contributed by atoms with Gasteiger partial charge in [-0.3, -0.25) is 4.79 Å². The molecule has 0 spiro atoms. The first kappa shape index (κ1) is 18.9. The van der Waals surface area contributed by atoms with Gasteiger partial charge in [-0.2, -0.15) is 10.4 Å². The third-order valence-corrected chi connectivity index (χ3v) is 5.32. The number of hydrogen-bond acceptors (Lipinski definition) is 6. The molecule has 1 aliphatic rings. The maximum atomic E-state index is 12.4. The fourth-order valence-electron chi connectivity index (χ4n) is 3.87. The molecular weight excluding hydrogens is 366 g/mol. The van der Waals surface area contributed by atoms with Crippen LogP contribution >= 0.6 is 0 Å². The maximum absolute atomic E-state index is 12.4. The van der Waals surface area contributed by atoms with Crippen molar-refractivity contribution in [3.05, 3.63) is 63.8 Å². The Bertz CT molecular complexity index is 1100. The monoisotopic (exact) mass is 389 g/mol. The maximum Gasteiger partial charge on any atom is 0.267 e. The van der Waals surface area contributed by atoms with Gasteiger partial charge < -0.3 is 5.32 Å². The van der Waals surface area contributed by atoms with Crippen LogP contribution in [-0.2, 0) is 0 Å². The lowest BCUT2D eigenvalue weighted by Gasteiger charge is -2.30. The molecule has 1 fully saturated rings. The normalized spacial score (nSPS) is 18.9. The average Bonchev–Trinajstić information content (AvgIpc) is 3.08. The molecule has 8 nitrogen and oxygen atoms in total. The van der Waals surface area contributed by atoms with Crippen LogP contribution in [0.1, 0.15) is 48.7 Å². The number of nitrogens with zero attached hydrogens (tertiary/aromatic N) is 6. The summed E-state index contributed by atoms with van der Waals surface area (Å²) < 4.78 is 3.39. The van der Waals surface area contributed by atoms with Gasteiger partial charge >= 0.3 is 0 Å². The van der Waals surface area contributed by atoms with E-state index in [1.807, 2.05) is 26.0 Å². The molecule has 1 N–H and O–H groups in total. The average molecular weight is 389 g/mol. The molecule has 1 aliphatic carbocycles. The summed E-state index contributed by atoms with van der Waals surface area (Å²) in [5, 5.41) is 21.4. The Morgan fingerprint density at radius 3 is 2.52 bits per heavy atom. The fourth-order valence-corrected chi connectivity index (χ4v) is 3.87. The van der Waals surface area contributed by atoms with Gasteiger partial charge in [0.1, 0.15) is 11.9 Å². The minimum Gasteiger partial charge on any atom is -0.367 e. The van der Waals surface area contributed by atoms with Gasteiger partial charge in [0.05, 0.1) is 17.3 Å². The third kappa shape index (κ3) is 4.04. The van der Waals surface area contributed by atoms with E-state index in [2.05, 4.69) is 26.6 Å². The van der Waals surface area contributed by atoms with Crippen molar-refractivity contribution >= 4 is 5.82 Å². The minimum atomic E-state index is -0.0829. The van der Waals surface area contributed by atoms with Gasteiger partial charge in [0.2, 0.25) is 0 Å². The highest BCUT2D eigenvalue weighted by Crippen LogP contribution is 2.28. The SMILES string of the molecule is Cc1cc(C)n(-c2ccc(=O)n(C3CCC(Nc4ccc(C#N)cn4)CC3)n2)n1. The van der Waals surface area contributed by atoms with E-state index >= 15 is 0 Å². The zero-order valence-electron chi connectivity index (χ0n) is 16.5. The predicted octanol–water partition coefficient (Wildman–Crippen LogP) is 2.91. The lowest BCUT2D eigenvalue weighted by Crippen LogP contribution is -2.33. The summed E-state index contributed by atoms with van der Waals surface area (Å²) in [6.45, 7) is 3.92. The third-order valence-electron chi connectivity index (χ3n) is 5.32. The molecule has 148 valence electrons. The zero-order valence-corrected chi connectivity index (χ0v) is 16.5.